The molecular formula is C16H17NO3. The van der Waals surface area contributed by atoms with Crippen LogP contribution in [-0.4, -0.2) is 16.1 Å². The number of hydrogen-bond donors (Lipinski definition) is 1. The summed E-state index contributed by atoms with van der Waals surface area (Å²) >= 11 is 0. The third kappa shape index (κ3) is 4.17. The van der Waals surface area contributed by atoms with E-state index < -0.39 is 11.0 Å². The van der Waals surface area contributed by atoms with Gasteiger partial charge < -0.3 is 5.11 Å². The molecule has 4 nitrogen and oxygen atoms in total. The molecule has 20 heavy (non-hydrogen) atoms. The molecule has 0 radical (unpaired) electrons. The highest BCUT2D eigenvalue weighted by atomic mass is 16.6. The average molecular weight is 271 g/mol. The van der Waals surface area contributed by atoms with Crippen molar-refractivity contribution in [1.82, 2.24) is 0 Å². The fourth-order valence-electron chi connectivity index (χ4n) is 2.11. The van der Waals surface area contributed by atoms with Gasteiger partial charge in [0.1, 0.15) is 0 Å². The molecule has 1 atom stereocenters. The maximum atomic E-state index is 10.5. The molecule has 1 N–H and O–H groups in total. The van der Waals surface area contributed by atoms with E-state index in [1.165, 1.54) is 17.7 Å². The molecule has 0 aliphatic heterocycles. The fraction of sp³-hybridized carbons (Fsp3) is 0.250. The monoisotopic (exact) mass is 271 g/mol. The zero-order valence-corrected chi connectivity index (χ0v) is 11.1. The van der Waals surface area contributed by atoms with Crippen LogP contribution in [0.3, 0.4) is 0 Å². The molecule has 2 aromatic carbocycles. The Bertz CT molecular complexity index is 552. The fourth-order valence-corrected chi connectivity index (χ4v) is 2.11. The van der Waals surface area contributed by atoms with Crippen molar-refractivity contribution in [2.45, 2.75) is 25.4 Å². The highest BCUT2D eigenvalue weighted by Crippen LogP contribution is 2.15. The van der Waals surface area contributed by atoms with E-state index in [-0.39, 0.29) is 5.69 Å². The summed E-state index contributed by atoms with van der Waals surface area (Å²) < 4.78 is 0. The van der Waals surface area contributed by atoms with Crippen LogP contribution in [0.5, 0.6) is 0 Å². The van der Waals surface area contributed by atoms with Gasteiger partial charge in [-0.25, -0.2) is 0 Å². The number of benzene rings is 2. The second kappa shape index (κ2) is 6.82. The Morgan fingerprint density at radius 1 is 1.00 bits per heavy atom. The lowest BCUT2D eigenvalue weighted by molar-refractivity contribution is -0.384. The first-order chi connectivity index (χ1) is 9.65. The number of nitrogens with zero attached hydrogens (tertiary/aromatic N) is 1. The smallest absolute Gasteiger partial charge is 0.269 e. The highest BCUT2D eigenvalue weighted by molar-refractivity contribution is 5.33. The van der Waals surface area contributed by atoms with Gasteiger partial charge in [-0.2, -0.15) is 0 Å². The Morgan fingerprint density at radius 2 is 1.65 bits per heavy atom. The van der Waals surface area contributed by atoms with Gasteiger partial charge in [-0.05, 0) is 30.4 Å². The average Bonchev–Trinajstić information content (AvgIpc) is 2.47. The van der Waals surface area contributed by atoms with Gasteiger partial charge in [0.05, 0.1) is 11.0 Å². The third-order valence-corrected chi connectivity index (χ3v) is 3.23. The molecule has 0 saturated carbocycles. The highest BCUT2D eigenvalue weighted by Gasteiger charge is 2.08. The molecule has 104 valence electrons. The lowest BCUT2D eigenvalue weighted by atomic mass is 10.0. The minimum absolute atomic E-state index is 0.0764. The molecule has 0 bridgehead atoms. The van der Waals surface area contributed by atoms with Crippen LogP contribution < -0.4 is 0 Å². The summed E-state index contributed by atoms with van der Waals surface area (Å²) in [4.78, 5) is 10.1. The summed E-state index contributed by atoms with van der Waals surface area (Å²) in [7, 11) is 0. The van der Waals surface area contributed by atoms with E-state index in [9.17, 15) is 15.2 Å². The Hall–Kier alpha value is -2.20. The normalized spacial score (nSPS) is 12.1. The van der Waals surface area contributed by atoms with Gasteiger partial charge >= 0.3 is 0 Å². The Morgan fingerprint density at radius 3 is 2.25 bits per heavy atom. The predicted octanol–water partition coefficient (Wildman–Crippen LogP) is 3.13. The molecule has 2 rings (SSSR count). The number of non-ortho nitro benzene ring substituents is 1. The number of aryl methyl sites for hydroxylation is 1. The number of aliphatic hydroxyl groups excluding tert-OH is 1. The molecule has 0 fully saturated rings. The first-order valence-electron chi connectivity index (χ1n) is 6.60. The Labute approximate surface area is 117 Å². The summed E-state index contributed by atoms with van der Waals surface area (Å²) in [6, 6.07) is 16.4. The van der Waals surface area contributed by atoms with Gasteiger partial charge in [-0.1, -0.05) is 42.5 Å². The Balaban J connectivity index is 1.85. The van der Waals surface area contributed by atoms with Gasteiger partial charge in [0, 0.05) is 12.1 Å². The molecule has 0 saturated heterocycles. The van der Waals surface area contributed by atoms with E-state index in [0.29, 0.717) is 12.8 Å². The minimum atomic E-state index is -0.434. The van der Waals surface area contributed by atoms with E-state index in [1.807, 2.05) is 30.3 Å². The van der Waals surface area contributed by atoms with Crippen molar-refractivity contribution in [3.8, 4) is 0 Å². The van der Waals surface area contributed by atoms with Crippen molar-refractivity contribution in [3.63, 3.8) is 0 Å². The van der Waals surface area contributed by atoms with E-state index in [2.05, 4.69) is 0 Å². The lowest BCUT2D eigenvalue weighted by Crippen LogP contribution is -2.11. The molecule has 0 heterocycles. The van der Waals surface area contributed by atoms with Crippen molar-refractivity contribution < 1.29 is 10.0 Å². The van der Waals surface area contributed by atoms with E-state index in [1.54, 1.807) is 12.1 Å². The van der Waals surface area contributed by atoms with Crippen LogP contribution >= 0.6 is 0 Å². The summed E-state index contributed by atoms with van der Waals surface area (Å²) in [5.74, 6) is 0. The first-order valence-corrected chi connectivity index (χ1v) is 6.60. The molecule has 2 aromatic rings. The number of nitro groups is 1. The summed E-state index contributed by atoms with van der Waals surface area (Å²) in [6.07, 6.45) is 1.59. The lowest BCUT2D eigenvalue weighted by Gasteiger charge is -2.10. The second-order valence-electron chi connectivity index (χ2n) is 4.81. The van der Waals surface area contributed by atoms with Gasteiger partial charge in [-0.3, -0.25) is 10.1 Å². The van der Waals surface area contributed by atoms with Crippen LogP contribution in [0.25, 0.3) is 0 Å². The zero-order valence-electron chi connectivity index (χ0n) is 11.1. The Kier molecular flexibility index (Phi) is 4.85. The van der Waals surface area contributed by atoms with Crippen LogP contribution in [0, 0.1) is 10.1 Å². The van der Waals surface area contributed by atoms with Crippen molar-refractivity contribution in [2.24, 2.45) is 0 Å². The number of rotatable bonds is 6. The molecule has 1 unspecified atom stereocenters. The first kappa shape index (κ1) is 14.2. The second-order valence-corrected chi connectivity index (χ2v) is 4.81. The number of hydrogen-bond acceptors (Lipinski definition) is 3. The van der Waals surface area contributed by atoms with Crippen LogP contribution in [0.1, 0.15) is 17.5 Å². The van der Waals surface area contributed by atoms with E-state index in [4.69, 9.17) is 0 Å². The van der Waals surface area contributed by atoms with Gasteiger partial charge in [0.2, 0.25) is 0 Å². The van der Waals surface area contributed by atoms with E-state index in [0.717, 1.165) is 12.0 Å². The van der Waals surface area contributed by atoms with Crippen LogP contribution in [0.15, 0.2) is 54.6 Å². The molecule has 0 amide bonds. The summed E-state index contributed by atoms with van der Waals surface area (Å²) in [6.45, 7) is 0. The molecular weight excluding hydrogens is 254 g/mol. The standard InChI is InChI=1S/C16H17NO3/c18-16(11-8-13-4-2-1-3-5-13)12-14-6-9-15(10-7-14)17(19)20/h1-7,9-10,16,18H,8,11-12H2. The maximum Gasteiger partial charge on any atom is 0.269 e. The number of nitro benzene ring substituents is 1. The van der Waals surface area contributed by atoms with Gasteiger partial charge in [0.15, 0.2) is 0 Å². The van der Waals surface area contributed by atoms with Crippen molar-refractivity contribution in [1.29, 1.82) is 0 Å². The minimum Gasteiger partial charge on any atom is -0.393 e. The predicted molar refractivity (Wildman–Crippen MR) is 77.6 cm³/mol. The van der Waals surface area contributed by atoms with Crippen LogP contribution in [-0.2, 0) is 12.8 Å². The van der Waals surface area contributed by atoms with Crippen LogP contribution in [0.4, 0.5) is 5.69 Å². The van der Waals surface area contributed by atoms with E-state index >= 15 is 0 Å². The topological polar surface area (TPSA) is 63.4 Å². The van der Waals surface area contributed by atoms with Crippen LogP contribution in [0.2, 0.25) is 0 Å². The quantitative estimate of drug-likeness (QED) is 0.648. The van der Waals surface area contributed by atoms with Gasteiger partial charge in [0.25, 0.3) is 5.69 Å². The zero-order chi connectivity index (χ0) is 14.4. The molecule has 4 heteroatoms. The van der Waals surface area contributed by atoms with Crippen molar-refractivity contribution in [2.75, 3.05) is 0 Å². The SMILES string of the molecule is O=[N+]([O-])c1ccc(CC(O)CCc2ccccc2)cc1. The van der Waals surface area contributed by atoms with Crippen molar-refractivity contribution >= 4 is 5.69 Å². The maximum absolute atomic E-state index is 10.5. The largest absolute Gasteiger partial charge is 0.393 e. The third-order valence-electron chi connectivity index (χ3n) is 3.23. The number of aliphatic hydroxyl groups is 1. The molecule has 0 aliphatic rings. The molecule has 0 aromatic heterocycles. The summed E-state index contributed by atoms with van der Waals surface area (Å²) in [5.41, 5.74) is 2.19. The molecule has 0 spiro atoms. The summed E-state index contributed by atoms with van der Waals surface area (Å²) in [5, 5.41) is 20.6. The molecule has 0 aliphatic carbocycles. The van der Waals surface area contributed by atoms with Crippen molar-refractivity contribution in [3.05, 3.63) is 75.8 Å². The van der Waals surface area contributed by atoms with Gasteiger partial charge in [-0.15, -0.1) is 0 Å².